The van der Waals surface area contributed by atoms with Gasteiger partial charge in [0.15, 0.2) is 0 Å². The van der Waals surface area contributed by atoms with Crippen LogP contribution >= 0.6 is 0 Å². The van der Waals surface area contributed by atoms with E-state index >= 15 is 0 Å². The molecule has 0 saturated carbocycles. The van der Waals surface area contributed by atoms with Gasteiger partial charge in [0.05, 0.1) is 6.61 Å². The Morgan fingerprint density at radius 1 is 0.773 bits per heavy atom. The summed E-state index contributed by atoms with van der Waals surface area (Å²) in [7, 11) is -4.22. The third-order valence-corrected chi connectivity index (χ3v) is 4.61. The summed E-state index contributed by atoms with van der Waals surface area (Å²) in [6, 6.07) is 0. The van der Waals surface area contributed by atoms with Crippen molar-refractivity contribution in [3.63, 3.8) is 0 Å². The molecule has 0 heterocycles. The van der Waals surface area contributed by atoms with Gasteiger partial charge in [0, 0.05) is 0 Å². The molecule has 22 heavy (non-hydrogen) atoms. The van der Waals surface area contributed by atoms with Gasteiger partial charge in [-0.05, 0) is 6.42 Å². The zero-order valence-electron chi connectivity index (χ0n) is 15.0. The fraction of sp³-hybridized carbons (Fsp3) is 1.00. The fourth-order valence-electron chi connectivity index (χ4n) is 2.08. The van der Waals surface area contributed by atoms with Crippen molar-refractivity contribution >= 4 is 38.3 Å². The van der Waals surface area contributed by atoms with Crippen LogP contribution in [0.1, 0.15) is 90.9 Å². The number of unbranched alkanes of at least 4 members (excludes halogenated alkanes) is 10. The maximum absolute atomic E-state index is 10.1. The van der Waals surface area contributed by atoms with Crippen LogP contribution in [0, 0.1) is 0 Å². The molecule has 0 fully saturated rings. The summed E-state index contributed by atoms with van der Waals surface area (Å²) in [6.45, 7) is 4.50. The zero-order valence-corrected chi connectivity index (χ0v) is 17.8. The minimum absolute atomic E-state index is 0.0883. The first-order valence-corrected chi connectivity index (χ1v) is 11.9. The predicted molar refractivity (Wildman–Crippen MR) is 94.8 cm³/mol. The van der Waals surface area contributed by atoms with E-state index in [4.69, 9.17) is 4.55 Å². The second kappa shape index (κ2) is 19.9. The van der Waals surface area contributed by atoms with E-state index in [2.05, 4.69) is 18.0 Å². The first-order valence-electron chi connectivity index (χ1n) is 9.09. The summed E-state index contributed by atoms with van der Waals surface area (Å²) >= 11 is 1.41. The van der Waals surface area contributed by atoms with Gasteiger partial charge in [-0.3, -0.25) is 4.55 Å². The number of hydrogen-bond acceptors (Lipinski definition) is 3. The van der Waals surface area contributed by atoms with Gasteiger partial charge in [-0.25, -0.2) is 4.18 Å². The van der Waals surface area contributed by atoms with Crippen molar-refractivity contribution in [2.75, 3.05) is 6.61 Å². The summed E-state index contributed by atoms with van der Waals surface area (Å²) in [5.41, 5.74) is 0. The standard InChI is InChI=1S/C8H18O4S.C8H17.Na/c1-2-3-4-5-6-7-8-12-13(9,10)11;1-3-5-7-8-6-4-2;/h2-8H2,1H3,(H,9,10,11);1,3-8H2,2H3;. The van der Waals surface area contributed by atoms with Gasteiger partial charge < -0.3 is 0 Å². The molecule has 0 aromatic rings. The van der Waals surface area contributed by atoms with E-state index in [0.29, 0.717) is 6.42 Å². The Kier molecular flexibility index (Phi) is 22.7. The summed E-state index contributed by atoms with van der Waals surface area (Å²) in [6.07, 6.45) is 15.1. The molecular weight excluding hydrogens is 311 g/mol. The fourth-order valence-corrected chi connectivity index (χ4v) is 2.91. The molecular formula is C16H35NaO4S. The van der Waals surface area contributed by atoms with Gasteiger partial charge in [0.2, 0.25) is 0 Å². The third kappa shape index (κ3) is 29.0. The molecule has 0 rings (SSSR count). The van der Waals surface area contributed by atoms with Gasteiger partial charge >= 0.3 is 87.4 Å². The monoisotopic (exact) mass is 346 g/mol. The molecule has 0 radical (unpaired) electrons. The van der Waals surface area contributed by atoms with Crippen LogP contribution < -0.4 is 0 Å². The third-order valence-electron chi connectivity index (χ3n) is 3.44. The average Bonchev–Trinajstić information content (AvgIpc) is 2.46. The Labute approximate surface area is 156 Å². The summed E-state index contributed by atoms with van der Waals surface area (Å²) in [5, 5.41) is 0. The van der Waals surface area contributed by atoms with Crippen molar-refractivity contribution in [1.29, 1.82) is 0 Å². The molecule has 4 nitrogen and oxygen atoms in total. The van der Waals surface area contributed by atoms with E-state index in [1.54, 1.807) is 0 Å². The second-order valence-electron chi connectivity index (χ2n) is 5.79. The Balaban J connectivity index is 0. The van der Waals surface area contributed by atoms with Crippen molar-refractivity contribution in [3.8, 4) is 0 Å². The molecule has 6 heteroatoms. The second-order valence-corrected chi connectivity index (χ2v) is 7.88. The van der Waals surface area contributed by atoms with Crippen LogP contribution in [0.25, 0.3) is 0 Å². The molecule has 0 aromatic heterocycles. The van der Waals surface area contributed by atoms with Crippen LogP contribution in [-0.4, -0.2) is 47.5 Å². The summed E-state index contributed by atoms with van der Waals surface area (Å²) in [4.78, 5) is 0. The molecule has 0 aromatic carbocycles. The van der Waals surface area contributed by atoms with E-state index < -0.39 is 10.4 Å². The minimum atomic E-state index is -4.22. The van der Waals surface area contributed by atoms with Crippen LogP contribution in [0.2, 0.25) is 3.67 Å². The number of rotatable bonds is 14. The first-order chi connectivity index (χ1) is 10.5. The molecule has 0 aliphatic heterocycles. The van der Waals surface area contributed by atoms with E-state index in [-0.39, 0.29) is 6.61 Å². The molecule has 0 aliphatic carbocycles. The Hall–Kier alpha value is 0.870. The van der Waals surface area contributed by atoms with Crippen LogP contribution in [0.3, 0.4) is 0 Å². The molecule has 0 aliphatic rings. The van der Waals surface area contributed by atoms with E-state index in [1.165, 1.54) is 89.4 Å². The average molecular weight is 347 g/mol. The van der Waals surface area contributed by atoms with Crippen LogP contribution in [0.15, 0.2) is 0 Å². The van der Waals surface area contributed by atoms with Gasteiger partial charge in [-0.15, -0.1) is 0 Å². The quantitative estimate of drug-likeness (QED) is 0.270. The van der Waals surface area contributed by atoms with Crippen LogP contribution in [0.4, 0.5) is 0 Å². The van der Waals surface area contributed by atoms with Gasteiger partial charge in [0.25, 0.3) is 0 Å². The summed E-state index contributed by atoms with van der Waals surface area (Å²) < 4.78 is 34.1. The Morgan fingerprint density at radius 2 is 1.18 bits per heavy atom. The normalized spacial score (nSPS) is 11.1. The van der Waals surface area contributed by atoms with Crippen molar-refractivity contribution in [2.45, 2.75) is 94.6 Å². The molecule has 0 unspecified atom stereocenters. The summed E-state index contributed by atoms with van der Waals surface area (Å²) in [5.74, 6) is 0. The topological polar surface area (TPSA) is 63.6 Å². The molecule has 1 N–H and O–H groups in total. The predicted octanol–water partition coefficient (Wildman–Crippen LogP) is 5.10. The Morgan fingerprint density at radius 3 is 1.59 bits per heavy atom. The van der Waals surface area contributed by atoms with Crippen molar-refractivity contribution < 1.29 is 17.2 Å². The Bertz CT molecular complexity index is 289. The van der Waals surface area contributed by atoms with E-state index in [1.807, 2.05) is 0 Å². The van der Waals surface area contributed by atoms with Crippen molar-refractivity contribution in [3.05, 3.63) is 0 Å². The van der Waals surface area contributed by atoms with Gasteiger partial charge in [0.1, 0.15) is 0 Å². The van der Waals surface area contributed by atoms with Crippen molar-refractivity contribution in [1.82, 2.24) is 0 Å². The van der Waals surface area contributed by atoms with Crippen LogP contribution in [-0.2, 0) is 14.6 Å². The van der Waals surface area contributed by atoms with Crippen LogP contribution in [0.5, 0.6) is 0 Å². The zero-order chi connectivity index (χ0) is 17.1. The maximum atomic E-state index is 10.1. The molecule has 0 amide bonds. The first kappa shape index (κ1) is 25.1. The molecule has 0 saturated heterocycles. The van der Waals surface area contributed by atoms with Gasteiger partial charge in [-0.1, -0.05) is 39.0 Å². The molecule has 130 valence electrons. The molecule has 0 atom stereocenters. The SMILES string of the molecule is CCCCCCCCOS(=O)(=O)O.CCCCCCC[CH2][Na]. The van der Waals surface area contributed by atoms with Crippen molar-refractivity contribution in [2.24, 2.45) is 0 Å². The molecule has 0 bridgehead atoms. The number of hydrogen-bond donors (Lipinski definition) is 1. The molecule has 0 spiro atoms. The van der Waals surface area contributed by atoms with Gasteiger partial charge in [-0.2, -0.15) is 8.42 Å². The van der Waals surface area contributed by atoms with E-state index in [9.17, 15) is 8.42 Å². The van der Waals surface area contributed by atoms with E-state index in [0.717, 1.165) is 12.8 Å².